The zero-order valence-electron chi connectivity index (χ0n) is 7.08. The zero-order valence-corrected chi connectivity index (χ0v) is 9.24. The van der Waals surface area contributed by atoms with Crippen LogP contribution in [0.1, 0.15) is 12.5 Å². The first kappa shape index (κ1) is 10.5. The molecule has 0 spiro atoms. The second-order valence-electron chi connectivity index (χ2n) is 2.55. The Balaban J connectivity index is 2.94. The van der Waals surface area contributed by atoms with Crippen LogP contribution in [-0.2, 0) is 11.4 Å². The Morgan fingerprint density at radius 3 is 2.77 bits per heavy atom. The van der Waals surface area contributed by atoms with Crippen molar-refractivity contribution in [1.82, 2.24) is 0 Å². The maximum Gasteiger partial charge on any atom is 0.308 e. The highest BCUT2D eigenvalue weighted by molar-refractivity contribution is 14.1. The number of rotatable bonds is 2. The topological polar surface area (TPSA) is 46.5 Å². The van der Waals surface area contributed by atoms with Gasteiger partial charge in [0.15, 0.2) is 0 Å². The molecule has 0 aliphatic heterocycles. The van der Waals surface area contributed by atoms with Gasteiger partial charge in [-0.1, -0.05) is 0 Å². The van der Waals surface area contributed by atoms with Gasteiger partial charge in [0.25, 0.3) is 0 Å². The highest BCUT2D eigenvalue weighted by Crippen LogP contribution is 2.18. The SMILES string of the molecule is CC(=O)Oc1cc(I)cc(CO)c1. The molecule has 1 aromatic rings. The fourth-order valence-electron chi connectivity index (χ4n) is 0.937. The third-order valence-corrected chi connectivity index (χ3v) is 2.00. The lowest BCUT2D eigenvalue weighted by molar-refractivity contribution is -0.131. The smallest absolute Gasteiger partial charge is 0.308 e. The molecular formula is C9H9IO3. The van der Waals surface area contributed by atoms with Crippen molar-refractivity contribution in [3.8, 4) is 5.75 Å². The van der Waals surface area contributed by atoms with Crippen LogP contribution in [0.3, 0.4) is 0 Å². The van der Waals surface area contributed by atoms with Gasteiger partial charge in [-0.3, -0.25) is 4.79 Å². The number of esters is 1. The summed E-state index contributed by atoms with van der Waals surface area (Å²) in [5, 5.41) is 8.88. The molecule has 0 saturated carbocycles. The molecule has 0 amide bonds. The lowest BCUT2D eigenvalue weighted by atomic mass is 10.2. The van der Waals surface area contributed by atoms with Gasteiger partial charge in [-0.25, -0.2) is 0 Å². The molecule has 0 atom stereocenters. The minimum Gasteiger partial charge on any atom is -0.427 e. The van der Waals surface area contributed by atoms with Gasteiger partial charge in [0.1, 0.15) is 5.75 Å². The molecule has 0 unspecified atom stereocenters. The van der Waals surface area contributed by atoms with Crippen molar-refractivity contribution < 1.29 is 14.6 Å². The van der Waals surface area contributed by atoms with E-state index in [-0.39, 0.29) is 12.6 Å². The molecule has 0 saturated heterocycles. The highest BCUT2D eigenvalue weighted by Gasteiger charge is 2.01. The highest BCUT2D eigenvalue weighted by atomic mass is 127. The van der Waals surface area contributed by atoms with Crippen molar-refractivity contribution in [2.45, 2.75) is 13.5 Å². The maximum atomic E-state index is 10.6. The number of hydrogen-bond acceptors (Lipinski definition) is 3. The fourth-order valence-corrected chi connectivity index (χ4v) is 1.64. The van der Waals surface area contributed by atoms with Gasteiger partial charge >= 0.3 is 5.97 Å². The number of ether oxygens (including phenoxy) is 1. The van der Waals surface area contributed by atoms with Crippen molar-refractivity contribution >= 4 is 28.6 Å². The molecule has 0 bridgehead atoms. The van der Waals surface area contributed by atoms with Crippen LogP contribution in [0.4, 0.5) is 0 Å². The normalized spacial score (nSPS) is 9.77. The van der Waals surface area contributed by atoms with Crippen LogP contribution >= 0.6 is 22.6 Å². The van der Waals surface area contributed by atoms with E-state index in [0.717, 1.165) is 9.13 Å². The third-order valence-electron chi connectivity index (χ3n) is 1.38. The molecule has 0 fully saturated rings. The summed E-state index contributed by atoms with van der Waals surface area (Å²) in [5.74, 6) is 0.120. The average Bonchev–Trinajstić information content (AvgIpc) is 2.01. The second-order valence-corrected chi connectivity index (χ2v) is 3.79. The van der Waals surface area contributed by atoms with E-state index in [1.165, 1.54) is 6.92 Å². The van der Waals surface area contributed by atoms with Crippen LogP contribution < -0.4 is 4.74 Å². The largest absolute Gasteiger partial charge is 0.427 e. The summed E-state index contributed by atoms with van der Waals surface area (Å²) in [6, 6.07) is 5.21. The fraction of sp³-hybridized carbons (Fsp3) is 0.222. The molecule has 1 N–H and O–H groups in total. The summed E-state index contributed by atoms with van der Waals surface area (Å²) < 4.78 is 5.81. The van der Waals surface area contributed by atoms with E-state index in [0.29, 0.717) is 5.75 Å². The number of aliphatic hydroxyl groups excluding tert-OH is 1. The molecular weight excluding hydrogens is 283 g/mol. The van der Waals surface area contributed by atoms with Crippen molar-refractivity contribution in [2.24, 2.45) is 0 Å². The van der Waals surface area contributed by atoms with Gasteiger partial charge in [0.2, 0.25) is 0 Å². The number of halogens is 1. The Morgan fingerprint density at radius 2 is 2.23 bits per heavy atom. The number of hydrogen-bond donors (Lipinski definition) is 1. The Morgan fingerprint density at radius 1 is 1.54 bits per heavy atom. The van der Waals surface area contributed by atoms with Crippen molar-refractivity contribution in [3.63, 3.8) is 0 Å². The molecule has 0 radical (unpaired) electrons. The molecule has 4 heteroatoms. The third kappa shape index (κ3) is 3.31. The minimum atomic E-state index is -0.356. The van der Waals surface area contributed by atoms with Crippen LogP contribution in [-0.4, -0.2) is 11.1 Å². The van der Waals surface area contributed by atoms with Crippen LogP contribution in [0.2, 0.25) is 0 Å². The molecule has 1 aromatic carbocycles. The lowest BCUT2D eigenvalue weighted by Crippen LogP contribution is -2.02. The second kappa shape index (κ2) is 4.57. The van der Waals surface area contributed by atoms with Crippen molar-refractivity contribution in [2.75, 3.05) is 0 Å². The standard InChI is InChI=1S/C9H9IO3/c1-6(12)13-9-3-7(5-11)2-8(10)4-9/h2-4,11H,5H2,1H3. The summed E-state index contributed by atoms with van der Waals surface area (Å²) in [6.45, 7) is 1.30. The van der Waals surface area contributed by atoms with Gasteiger partial charge in [-0.05, 0) is 46.4 Å². The first-order valence-corrected chi connectivity index (χ1v) is 4.78. The molecule has 0 aliphatic rings. The van der Waals surface area contributed by atoms with Crippen molar-refractivity contribution in [3.05, 3.63) is 27.3 Å². The Bertz CT molecular complexity index is 323. The predicted octanol–water partition coefficient (Wildman–Crippen LogP) is 1.71. The van der Waals surface area contributed by atoms with E-state index in [1.807, 2.05) is 6.07 Å². The average molecular weight is 292 g/mol. The molecule has 1 rings (SSSR count). The predicted molar refractivity (Wildman–Crippen MR) is 56.4 cm³/mol. The molecule has 0 aromatic heterocycles. The zero-order chi connectivity index (χ0) is 9.84. The van der Waals surface area contributed by atoms with Gasteiger partial charge < -0.3 is 9.84 Å². The summed E-state index contributed by atoms with van der Waals surface area (Å²) in [6.07, 6.45) is 0. The summed E-state index contributed by atoms with van der Waals surface area (Å²) in [7, 11) is 0. The summed E-state index contributed by atoms with van der Waals surface area (Å²) in [4.78, 5) is 10.6. The molecule has 0 heterocycles. The van der Waals surface area contributed by atoms with Crippen LogP contribution in [0, 0.1) is 3.57 Å². The van der Waals surface area contributed by atoms with E-state index >= 15 is 0 Å². The number of carbonyl (C=O) groups is 1. The Kier molecular flexibility index (Phi) is 3.68. The van der Waals surface area contributed by atoms with Crippen molar-refractivity contribution in [1.29, 1.82) is 0 Å². The summed E-state index contributed by atoms with van der Waals surface area (Å²) >= 11 is 2.10. The maximum absolute atomic E-state index is 10.6. The van der Waals surface area contributed by atoms with Gasteiger partial charge in [-0.15, -0.1) is 0 Å². The molecule has 0 aliphatic carbocycles. The van der Waals surface area contributed by atoms with Crippen LogP contribution in [0.25, 0.3) is 0 Å². The summed E-state index contributed by atoms with van der Waals surface area (Å²) in [5.41, 5.74) is 0.739. The van der Waals surface area contributed by atoms with Gasteiger partial charge in [0, 0.05) is 10.5 Å². The Hall–Kier alpha value is -0.620. The monoisotopic (exact) mass is 292 g/mol. The van der Waals surface area contributed by atoms with Crippen LogP contribution in [0.5, 0.6) is 5.75 Å². The number of aliphatic hydroxyl groups is 1. The molecule has 3 nitrogen and oxygen atoms in total. The number of benzene rings is 1. The Labute approximate surface area is 89.9 Å². The molecule has 13 heavy (non-hydrogen) atoms. The number of carbonyl (C=O) groups excluding carboxylic acids is 1. The minimum absolute atomic E-state index is 0.0505. The molecule has 70 valence electrons. The quantitative estimate of drug-likeness (QED) is 0.513. The van der Waals surface area contributed by atoms with Gasteiger partial charge in [0.05, 0.1) is 6.61 Å². The first-order chi connectivity index (χ1) is 6.11. The van der Waals surface area contributed by atoms with Crippen LogP contribution in [0.15, 0.2) is 18.2 Å². The van der Waals surface area contributed by atoms with E-state index < -0.39 is 0 Å². The van der Waals surface area contributed by atoms with E-state index in [9.17, 15) is 4.79 Å². The lowest BCUT2D eigenvalue weighted by Gasteiger charge is -2.04. The van der Waals surface area contributed by atoms with E-state index in [1.54, 1.807) is 12.1 Å². The van der Waals surface area contributed by atoms with Gasteiger partial charge in [-0.2, -0.15) is 0 Å². The first-order valence-electron chi connectivity index (χ1n) is 3.70. The van der Waals surface area contributed by atoms with E-state index in [2.05, 4.69) is 22.6 Å². The van der Waals surface area contributed by atoms with E-state index in [4.69, 9.17) is 9.84 Å².